The summed E-state index contributed by atoms with van der Waals surface area (Å²) in [6.07, 6.45) is 0. The molecule has 1 heterocycles. The molecular formula is C14H18ClN3. The van der Waals surface area contributed by atoms with Gasteiger partial charge < -0.3 is 5.32 Å². The lowest BCUT2D eigenvalue weighted by molar-refractivity contribution is 0.713. The number of benzene rings is 1. The summed E-state index contributed by atoms with van der Waals surface area (Å²) in [6, 6.07) is 8.01. The molecule has 3 nitrogen and oxygen atoms in total. The van der Waals surface area contributed by atoms with E-state index in [2.05, 4.69) is 36.4 Å². The molecular weight excluding hydrogens is 246 g/mol. The summed E-state index contributed by atoms with van der Waals surface area (Å²) >= 11 is 6.10. The van der Waals surface area contributed by atoms with E-state index >= 15 is 0 Å². The summed E-state index contributed by atoms with van der Waals surface area (Å²) in [5.74, 6) is 0. The van der Waals surface area contributed by atoms with E-state index in [0.717, 1.165) is 35.2 Å². The minimum Gasteiger partial charge on any atom is -0.313 e. The molecule has 1 aromatic carbocycles. The van der Waals surface area contributed by atoms with Crippen LogP contribution in [0.25, 0.3) is 5.69 Å². The number of aryl methyl sites for hydroxylation is 2. The van der Waals surface area contributed by atoms with Crippen molar-refractivity contribution < 1.29 is 0 Å². The van der Waals surface area contributed by atoms with Crippen molar-refractivity contribution >= 4 is 11.6 Å². The van der Waals surface area contributed by atoms with Gasteiger partial charge in [0.15, 0.2) is 0 Å². The van der Waals surface area contributed by atoms with E-state index in [4.69, 9.17) is 11.6 Å². The van der Waals surface area contributed by atoms with E-state index in [9.17, 15) is 0 Å². The molecule has 0 saturated carbocycles. The topological polar surface area (TPSA) is 29.9 Å². The van der Waals surface area contributed by atoms with Gasteiger partial charge in [-0.05, 0) is 44.2 Å². The van der Waals surface area contributed by atoms with E-state index in [1.165, 1.54) is 5.56 Å². The number of nitrogens with zero attached hydrogens (tertiary/aromatic N) is 2. The number of nitrogens with one attached hydrogen (secondary N) is 1. The molecule has 0 aliphatic carbocycles. The van der Waals surface area contributed by atoms with Crippen LogP contribution < -0.4 is 5.32 Å². The zero-order chi connectivity index (χ0) is 13.1. The lowest BCUT2D eigenvalue weighted by atomic mass is 10.1. The van der Waals surface area contributed by atoms with Gasteiger partial charge in [0, 0.05) is 17.3 Å². The van der Waals surface area contributed by atoms with Crippen molar-refractivity contribution in [3.8, 4) is 5.69 Å². The lowest BCUT2D eigenvalue weighted by Crippen LogP contribution is -2.14. The van der Waals surface area contributed by atoms with Crippen molar-refractivity contribution in [2.24, 2.45) is 0 Å². The van der Waals surface area contributed by atoms with Crippen molar-refractivity contribution in [3.05, 3.63) is 46.2 Å². The number of rotatable bonds is 4. The quantitative estimate of drug-likeness (QED) is 0.918. The maximum atomic E-state index is 6.10. The molecule has 0 atom stereocenters. The highest BCUT2D eigenvalue weighted by Crippen LogP contribution is 2.21. The second-order valence-electron chi connectivity index (χ2n) is 4.39. The molecule has 1 aromatic heterocycles. The normalized spacial score (nSPS) is 10.9. The molecule has 2 rings (SSSR count). The average Bonchev–Trinajstić information content (AvgIpc) is 2.67. The van der Waals surface area contributed by atoms with Gasteiger partial charge in [0.2, 0.25) is 0 Å². The number of aromatic nitrogens is 2. The van der Waals surface area contributed by atoms with E-state index < -0.39 is 0 Å². The van der Waals surface area contributed by atoms with Gasteiger partial charge in [-0.25, -0.2) is 4.68 Å². The van der Waals surface area contributed by atoms with E-state index in [0.29, 0.717) is 0 Å². The van der Waals surface area contributed by atoms with E-state index in [1.807, 2.05) is 23.7 Å². The van der Waals surface area contributed by atoms with Gasteiger partial charge in [-0.1, -0.05) is 24.6 Å². The second kappa shape index (κ2) is 5.55. The molecule has 0 radical (unpaired) electrons. The zero-order valence-corrected chi connectivity index (χ0v) is 11.8. The Hall–Kier alpha value is -1.32. The van der Waals surface area contributed by atoms with Gasteiger partial charge in [0.1, 0.15) is 0 Å². The third-order valence-electron chi connectivity index (χ3n) is 2.85. The van der Waals surface area contributed by atoms with Crippen molar-refractivity contribution in [2.75, 3.05) is 6.54 Å². The Balaban J connectivity index is 2.47. The van der Waals surface area contributed by atoms with Crippen LogP contribution in [0.15, 0.2) is 24.3 Å². The SMILES string of the molecule is CCNCc1ccc(Cl)cc1-n1nc(C)cc1C. The highest BCUT2D eigenvalue weighted by Gasteiger charge is 2.09. The first-order valence-corrected chi connectivity index (χ1v) is 6.52. The van der Waals surface area contributed by atoms with Gasteiger partial charge in [-0.2, -0.15) is 5.10 Å². The molecule has 4 heteroatoms. The summed E-state index contributed by atoms with van der Waals surface area (Å²) in [4.78, 5) is 0. The Labute approximate surface area is 113 Å². The van der Waals surface area contributed by atoms with Gasteiger partial charge in [-0.3, -0.25) is 0 Å². The first-order chi connectivity index (χ1) is 8.61. The minimum absolute atomic E-state index is 0.734. The maximum Gasteiger partial charge on any atom is 0.0708 e. The van der Waals surface area contributed by atoms with Gasteiger partial charge in [-0.15, -0.1) is 0 Å². The van der Waals surface area contributed by atoms with Crippen molar-refractivity contribution in [1.82, 2.24) is 15.1 Å². The van der Waals surface area contributed by atoms with E-state index in [1.54, 1.807) is 0 Å². The molecule has 0 fully saturated rings. The predicted molar refractivity (Wildman–Crippen MR) is 75.4 cm³/mol. The Bertz CT molecular complexity index is 546. The standard InChI is InChI=1S/C14H18ClN3/c1-4-16-9-12-5-6-13(15)8-14(12)18-11(3)7-10(2)17-18/h5-8,16H,4,9H2,1-3H3. The Morgan fingerprint density at radius 1 is 1.28 bits per heavy atom. The molecule has 0 bridgehead atoms. The van der Waals surface area contributed by atoms with Crippen LogP contribution in [-0.2, 0) is 6.54 Å². The summed E-state index contributed by atoms with van der Waals surface area (Å²) in [5, 5.41) is 8.59. The monoisotopic (exact) mass is 263 g/mol. The number of halogens is 1. The van der Waals surface area contributed by atoms with Gasteiger partial charge in [0.25, 0.3) is 0 Å². The molecule has 0 amide bonds. The molecule has 1 N–H and O–H groups in total. The molecule has 0 aliphatic heterocycles. The molecule has 2 aromatic rings. The summed E-state index contributed by atoms with van der Waals surface area (Å²) in [6.45, 7) is 7.91. The maximum absolute atomic E-state index is 6.10. The summed E-state index contributed by atoms with van der Waals surface area (Å²) in [7, 11) is 0. The Morgan fingerprint density at radius 2 is 2.06 bits per heavy atom. The van der Waals surface area contributed by atoms with Crippen LogP contribution in [0, 0.1) is 13.8 Å². The fraction of sp³-hybridized carbons (Fsp3) is 0.357. The molecule has 96 valence electrons. The highest BCUT2D eigenvalue weighted by molar-refractivity contribution is 6.30. The zero-order valence-electron chi connectivity index (χ0n) is 11.0. The summed E-state index contributed by atoms with van der Waals surface area (Å²) < 4.78 is 1.95. The van der Waals surface area contributed by atoms with E-state index in [-0.39, 0.29) is 0 Å². The van der Waals surface area contributed by atoms with Gasteiger partial charge in [0.05, 0.1) is 11.4 Å². The van der Waals surface area contributed by atoms with Crippen LogP contribution in [0.5, 0.6) is 0 Å². The van der Waals surface area contributed by atoms with Crippen molar-refractivity contribution in [2.45, 2.75) is 27.3 Å². The first-order valence-electron chi connectivity index (χ1n) is 6.14. The van der Waals surface area contributed by atoms with Gasteiger partial charge >= 0.3 is 0 Å². The largest absolute Gasteiger partial charge is 0.313 e. The third kappa shape index (κ3) is 2.74. The van der Waals surface area contributed by atoms with Crippen LogP contribution in [0.4, 0.5) is 0 Å². The van der Waals surface area contributed by atoms with Crippen LogP contribution in [-0.4, -0.2) is 16.3 Å². The summed E-state index contributed by atoms with van der Waals surface area (Å²) in [5.41, 5.74) is 4.39. The highest BCUT2D eigenvalue weighted by atomic mass is 35.5. The van der Waals surface area contributed by atoms with Crippen LogP contribution in [0.3, 0.4) is 0 Å². The van der Waals surface area contributed by atoms with Crippen LogP contribution >= 0.6 is 11.6 Å². The number of hydrogen-bond acceptors (Lipinski definition) is 2. The lowest BCUT2D eigenvalue weighted by Gasteiger charge is -2.12. The van der Waals surface area contributed by atoms with Crippen molar-refractivity contribution in [1.29, 1.82) is 0 Å². The fourth-order valence-corrected chi connectivity index (χ4v) is 2.18. The first kappa shape index (κ1) is 13.1. The molecule has 18 heavy (non-hydrogen) atoms. The molecule has 0 spiro atoms. The van der Waals surface area contributed by atoms with Crippen molar-refractivity contribution in [3.63, 3.8) is 0 Å². The third-order valence-corrected chi connectivity index (χ3v) is 3.09. The molecule has 0 unspecified atom stereocenters. The predicted octanol–water partition coefficient (Wildman–Crippen LogP) is 3.25. The Morgan fingerprint density at radius 3 is 2.67 bits per heavy atom. The minimum atomic E-state index is 0.734. The smallest absolute Gasteiger partial charge is 0.0708 e. The molecule has 0 aliphatic rings. The fourth-order valence-electron chi connectivity index (χ4n) is 2.02. The number of hydrogen-bond donors (Lipinski definition) is 1. The van der Waals surface area contributed by atoms with Crippen LogP contribution in [0.2, 0.25) is 5.02 Å². The molecule has 0 saturated heterocycles. The Kier molecular flexibility index (Phi) is 4.04. The van der Waals surface area contributed by atoms with Crippen LogP contribution in [0.1, 0.15) is 23.9 Å². The average molecular weight is 264 g/mol. The second-order valence-corrected chi connectivity index (χ2v) is 4.83.